The van der Waals surface area contributed by atoms with Gasteiger partial charge < -0.3 is 15.3 Å². The van der Waals surface area contributed by atoms with Crippen molar-refractivity contribution >= 4 is 17.8 Å². The van der Waals surface area contributed by atoms with Crippen LogP contribution in [-0.4, -0.2) is 47.4 Å². The number of carbonyl (C=O) groups is 3. The largest absolute Gasteiger partial charge is 0.481 e. The molecule has 0 saturated carbocycles. The van der Waals surface area contributed by atoms with Gasteiger partial charge >= 0.3 is 5.97 Å². The quantitative estimate of drug-likeness (QED) is 0.664. The summed E-state index contributed by atoms with van der Waals surface area (Å²) in [5, 5.41) is 11.7. The maximum absolute atomic E-state index is 12.3. The van der Waals surface area contributed by atoms with Crippen molar-refractivity contribution in [2.75, 3.05) is 19.6 Å². The van der Waals surface area contributed by atoms with Gasteiger partial charge in [0.05, 0.1) is 12.5 Å². The molecule has 0 rings (SSSR count). The maximum atomic E-state index is 12.3. The summed E-state index contributed by atoms with van der Waals surface area (Å²) in [5.74, 6) is -2.89. The molecule has 0 aromatic rings. The molecule has 0 aromatic carbocycles. The monoisotopic (exact) mass is 286 g/mol. The van der Waals surface area contributed by atoms with E-state index >= 15 is 0 Å². The highest BCUT2D eigenvalue weighted by molar-refractivity contribution is 5.88. The van der Waals surface area contributed by atoms with Crippen LogP contribution in [0.2, 0.25) is 0 Å². The van der Waals surface area contributed by atoms with Crippen LogP contribution < -0.4 is 5.32 Å². The zero-order valence-corrected chi connectivity index (χ0v) is 12.8. The number of nitrogens with one attached hydrogen (secondary N) is 1. The molecule has 6 nitrogen and oxygen atoms in total. The molecule has 2 amide bonds. The van der Waals surface area contributed by atoms with Crippen LogP contribution in [0, 0.1) is 11.8 Å². The summed E-state index contributed by atoms with van der Waals surface area (Å²) in [4.78, 5) is 36.3. The smallest absolute Gasteiger partial charge is 0.307 e. The van der Waals surface area contributed by atoms with E-state index in [0.29, 0.717) is 13.1 Å². The molecule has 0 aromatic heterocycles. The predicted octanol–water partition coefficient (Wildman–Crippen LogP) is 1.11. The van der Waals surface area contributed by atoms with E-state index in [1.54, 1.807) is 6.92 Å². The zero-order chi connectivity index (χ0) is 15.7. The Morgan fingerprint density at radius 3 is 2.15 bits per heavy atom. The van der Waals surface area contributed by atoms with E-state index in [0.717, 1.165) is 12.8 Å². The van der Waals surface area contributed by atoms with Crippen LogP contribution in [0.5, 0.6) is 0 Å². The SMILES string of the molecule is CCCNC(=O)CN(CCC)C(=O)C(C)C(C)C(=O)O. The highest BCUT2D eigenvalue weighted by atomic mass is 16.4. The van der Waals surface area contributed by atoms with Crippen molar-refractivity contribution in [1.82, 2.24) is 10.2 Å². The molecule has 0 fully saturated rings. The van der Waals surface area contributed by atoms with Crippen molar-refractivity contribution < 1.29 is 19.5 Å². The van der Waals surface area contributed by atoms with Crippen molar-refractivity contribution in [2.45, 2.75) is 40.5 Å². The summed E-state index contributed by atoms with van der Waals surface area (Å²) < 4.78 is 0. The predicted molar refractivity (Wildman–Crippen MR) is 76.1 cm³/mol. The Kier molecular flexibility index (Phi) is 8.59. The van der Waals surface area contributed by atoms with Crippen molar-refractivity contribution in [2.24, 2.45) is 11.8 Å². The molecule has 2 atom stereocenters. The molecule has 0 radical (unpaired) electrons. The van der Waals surface area contributed by atoms with Crippen LogP contribution >= 0.6 is 0 Å². The Labute approximate surface area is 120 Å². The Morgan fingerprint density at radius 2 is 1.70 bits per heavy atom. The molecule has 0 heterocycles. The van der Waals surface area contributed by atoms with Crippen molar-refractivity contribution in [3.05, 3.63) is 0 Å². The number of hydrogen-bond acceptors (Lipinski definition) is 3. The standard InChI is InChI=1S/C14H26N2O4/c1-5-7-15-12(17)9-16(8-6-2)13(18)10(3)11(4)14(19)20/h10-11H,5-9H2,1-4H3,(H,15,17)(H,19,20). The maximum Gasteiger partial charge on any atom is 0.307 e. The second kappa shape index (κ2) is 9.34. The molecule has 0 aliphatic carbocycles. The van der Waals surface area contributed by atoms with Crippen LogP contribution in [0.1, 0.15) is 40.5 Å². The van der Waals surface area contributed by atoms with Crippen molar-refractivity contribution in [3.8, 4) is 0 Å². The minimum atomic E-state index is -1.00. The number of carboxylic acid groups (broad SMARTS) is 1. The summed E-state index contributed by atoms with van der Waals surface area (Å²) in [6, 6.07) is 0. The first kappa shape index (κ1) is 18.4. The van der Waals surface area contributed by atoms with Crippen LogP contribution in [0.25, 0.3) is 0 Å². The van der Waals surface area contributed by atoms with Crippen LogP contribution in [0.15, 0.2) is 0 Å². The number of carboxylic acids is 1. The zero-order valence-electron chi connectivity index (χ0n) is 12.8. The van der Waals surface area contributed by atoms with Crippen LogP contribution in [0.3, 0.4) is 0 Å². The minimum Gasteiger partial charge on any atom is -0.481 e. The van der Waals surface area contributed by atoms with Gasteiger partial charge in [0, 0.05) is 19.0 Å². The summed E-state index contributed by atoms with van der Waals surface area (Å²) >= 11 is 0. The summed E-state index contributed by atoms with van der Waals surface area (Å²) in [7, 11) is 0. The van der Waals surface area contributed by atoms with Gasteiger partial charge in [-0.1, -0.05) is 27.7 Å². The normalized spacial score (nSPS) is 13.4. The Morgan fingerprint density at radius 1 is 1.10 bits per heavy atom. The molecule has 20 heavy (non-hydrogen) atoms. The molecular weight excluding hydrogens is 260 g/mol. The van der Waals surface area contributed by atoms with E-state index in [9.17, 15) is 14.4 Å². The minimum absolute atomic E-state index is 0.0106. The van der Waals surface area contributed by atoms with Gasteiger partial charge in [-0.15, -0.1) is 0 Å². The molecule has 0 aliphatic heterocycles. The molecule has 2 unspecified atom stereocenters. The van der Waals surface area contributed by atoms with Gasteiger partial charge in [-0.2, -0.15) is 0 Å². The number of aliphatic carboxylic acids is 1. The molecule has 6 heteroatoms. The van der Waals surface area contributed by atoms with E-state index < -0.39 is 17.8 Å². The van der Waals surface area contributed by atoms with Crippen molar-refractivity contribution in [1.29, 1.82) is 0 Å². The average molecular weight is 286 g/mol. The molecule has 0 bridgehead atoms. The molecule has 2 N–H and O–H groups in total. The highest BCUT2D eigenvalue weighted by Gasteiger charge is 2.29. The lowest BCUT2D eigenvalue weighted by molar-refractivity contribution is -0.149. The number of hydrogen-bond donors (Lipinski definition) is 2. The van der Waals surface area contributed by atoms with Gasteiger partial charge in [0.2, 0.25) is 11.8 Å². The second-order valence-corrected chi connectivity index (χ2v) is 5.03. The first-order chi connectivity index (χ1) is 9.34. The first-order valence-corrected chi connectivity index (χ1v) is 7.13. The molecule has 0 saturated heterocycles. The lowest BCUT2D eigenvalue weighted by Crippen LogP contribution is -2.45. The molecule has 0 aliphatic rings. The fourth-order valence-corrected chi connectivity index (χ4v) is 1.75. The van der Waals surface area contributed by atoms with Gasteiger partial charge in [0.25, 0.3) is 0 Å². The third kappa shape index (κ3) is 6.04. The van der Waals surface area contributed by atoms with E-state index in [1.807, 2.05) is 13.8 Å². The van der Waals surface area contributed by atoms with E-state index in [-0.39, 0.29) is 18.4 Å². The topological polar surface area (TPSA) is 86.7 Å². The van der Waals surface area contributed by atoms with Gasteiger partial charge in [-0.3, -0.25) is 14.4 Å². The van der Waals surface area contributed by atoms with Gasteiger partial charge in [-0.25, -0.2) is 0 Å². The Hall–Kier alpha value is -1.59. The first-order valence-electron chi connectivity index (χ1n) is 7.13. The molecular formula is C14H26N2O4. The Balaban J connectivity index is 4.68. The van der Waals surface area contributed by atoms with E-state index in [4.69, 9.17) is 5.11 Å². The Bertz CT molecular complexity index is 344. The lowest BCUT2D eigenvalue weighted by atomic mass is 9.94. The number of amides is 2. The number of carbonyl (C=O) groups excluding carboxylic acids is 2. The van der Waals surface area contributed by atoms with E-state index in [1.165, 1.54) is 11.8 Å². The van der Waals surface area contributed by atoms with Gasteiger partial charge in [0.1, 0.15) is 0 Å². The second-order valence-electron chi connectivity index (χ2n) is 5.03. The summed E-state index contributed by atoms with van der Waals surface area (Å²) in [5.41, 5.74) is 0. The summed E-state index contributed by atoms with van der Waals surface area (Å²) in [6.45, 7) is 7.98. The van der Waals surface area contributed by atoms with Crippen LogP contribution in [0.4, 0.5) is 0 Å². The lowest BCUT2D eigenvalue weighted by Gasteiger charge is -2.26. The molecule has 0 spiro atoms. The van der Waals surface area contributed by atoms with Gasteiger partial charge in [-0.05, 0) is 12.8 Å². The molecule has 116 valence electrons. The fourth-order valence-electron chi connectivity index (χ4n) is 1.75. The summed E-state index contributed by atoms with van der Waals surface area (Å²) in [6.07, 6.45) is 1.56. The highest BCUT2D eigenvalue weighted by Crippen LogP contribution is 2.14. The number of rotatable bonds is 9. The van der Waals surface area contributed by atoms with Gasteiger partial charge in [0.15, 0.2) is 0 Å². The van der Waals surface area contributed by atoms with E-state index in [2.05, 4.69) is 5.32 Å². The van der Waals surface area contributed by atoms with Crippen molar-refractivity contribution in [3.63, 3.8) is 0 Å². The average Bonchev–Trinajstić information content (AvgIpc) is 2.41. The fraction of sp³-hybridized carbons (Fsp3) is 0.786. The van der Waals surface area contributed by atoms with Crippen LogP contribution in [-0.2, 0) is 14.4 Å². The third-order valence-electron chi connectivity index (χ3n) is 3.24. The number of nitrogens with zero attached hydrogens (tertiary/aromatic N) is 1. The third-order valence-corrected chi connectivity index (χ3v) is 3.24.